The minimum absolute atomic E-state index is 0.0171. The highest BCUT2D eigenvalue weighted by atomic mass is 16.6. The lowest BCUT2D eigenvalue weighted by atomic mass is 10.2. The molecular formula is C8H10N2O3. The van der Waals surface area contributed by atoms with E-state index in [4.69, 9.17) is 4.74 Å². The van der Waals surface area contributed by atoms with Crippen LogP contribution in [0.5, 0.6) is 5.88 Å². The maximum Gasteiger partial charge on any atom is 0.290 e. The van der Waals surface area contributed by atoms with Gasteiger partial charge >= 0.3 is 0 Å². The summed E-state index contributed by atoms with van der Waals surface area (Å²) in [5.41, 5.74) is 0.576. The van der Waals surface area contributed by atoms with Crippen LogP contribution >= 0.6 is 0 Å². The predicted octanol–water partition coefficient (Wildman–Crippen LogP) is 1.70. The Morgan fingerprint density at radius 3 is 2.85 bits per heavy atom. The van der Waals surface area contributed by atoms with Gasteiger partial charge in [-0.15, -0.1) is 0 Å². The van der Waals surface area contributed by atoms with Gasteiger partial charge in [-0.05, 0) is 13.8 Å². The lowest BCUT2D eigenvalue weighted by molar-refractivity contribution is -0.385. The van der Waals surface area contributed by atoms with Gasteiger partial charge in [0.05, 0.1) is 11.5 Å². The molecule has 0 spiro atoms. The highest BCUT2D eigenvalue weighted by Gasteiger charge is 2.11. The molecular weight excluding hydrogens is 172 g/mol. The van der Waals surface area contributed by atoms with Gasteiger partial charge in [-0.3, -0.25) is 10.1 Å². The van der Waals surface area contributed by atoms with Crippen LogP contribution in [0.4, 0.5) is 5.69 Å². The fourth-order valence-electron chi connectivity index (χ4n) is 0.941. The van der Waals surface area contributed by atoms with Crippen molar-refractivity contribution < 1.29 is 9.66 Å². The number of nitrogens with zero attached hydrogens (tertiary/aromatic N) is 2. The summed E-state index contributed by atoms with van der Waals surface area (Å²) in [5, 5.41) is 10.4. The van der Waals surface area contributed by atoms with Crippen LogP contribution in [0.1, 0.15) is 12.5 Å². The van der Waals surface area contributed by atoms with Crippen molar-refractivity contribution in [2.45, 2.75) is 13.8 Å². The van der Waals surface area contributed by atoms with Crippen LogP contribution < -0.4 is 4.74 Å². The van der Waals surface area contributed by atoms with Crippen molar-refractivity contribution in [1.82, 2.24) is 4.98 Å². The maximum atomic E-state index is 10.4. The summed E-state index contributed by atoms with van der Waals surface area (Å²) in [7, 11) is 0. The zero-order valence-electron chi connectivity index (χ0n) is 7.48. The van der Waals surface area contributed by atoms with Crippen LogP contribution in [0, 0.1) is 17.0 Å². The lowest BCUT2D eigenvalue weighted by Crippen LogP contribution is -1.97. The highest BCUT2D eigenvalue weighted by molar-refractivity contribution is 5.39. The van der Waals surface area contributed by atoms with E-state index >= 15 is 0 Å². The van der Waals surface area contributed by atoms with E-state index in [1.807, 2.05) is 6.92 Å². The molecule has 1 rings (SSSR count). The number of hydrogen-bond acceptors (Lipinski definition) is 4. The molecule has 0 aliphatic rings. The summed E-state index contributed by atoms with van der Waals surface area (Å²) < 4.78 is 5.09. The first-order valence-corrected chi connectivity index (χ1v) is 3.89. The Morgan fingerprint density at radius 1 is 1.69 bits per heavy atom. The van der Waals surface area contributed by atoms with E-state index in [0.29, 0.717) is 18.1 Å². The van der Waals surface area contributed by atoms with E-state index in [1.54, 1.807) is 13.0 Å². The SMILES string of the molecule is CCOc1cc(C)c([N+](=O)[O-])cn1. The topological polar surface area (TPSA) is 65.3 Å². The largest absolute Gasteiger partial charge is 0.478 e. The predicted molar refractivity (Wildman–Crippen MR) is 46.8 cm³/mol. The summed E-state index contributed by atoms with van der Waals surface area (Å²) in [6.45, 7) is 3.99. The molecule has 0 radical (unpaired) electrons. The van der Waals surface area contributed by atoms with Crippen LogP contribution in [0.25, 0.3) is 0 Å². The molecule has 0 aliphatic heterocycles. The van der Waals surface area contributed by atoms with Gasteiger partial charge in [0.25, 0.3) is 5.69 Å². The zero-order valence-corrected chi connectivity index (χ0v) is 7.48. The summed E-state index contributed by atoms with van der Waals surface area (Å²) in [4.78, 5) is 13.7. The molecule has 0 bridgehead atoms. The molecule has 0 unspecified atom stereocenters. The number of hydrogen-bond donors (Lipinski definition) is 0. The number of rotatable bonds is 3. The number of aryl methyl sites for hydroxylation is 1. The molecule has 0 N–H and O–H groups in total. The van der Waals surface area contributed by atoms with Gasteiger partial charge in [-0.1, -0.05) is 0 Å². The molecule has 5 heteroatoms. The first-order chi connectivity index (χ1) is 6.15. The molecule has 1 aromatic rings. The highest BCUT2D eigenvalue weighted by Crippen LogP contribution is 2.19. The van der Waals surface area contributed by atoms with E-state index in [2.05, 4.69) is 4.98 Å². The third-order valence-electron chi connectivity index (χ3n) is 1.55. The molecule has 0 saturated carbocycles. The third-order valence-corrected chi connectivity index (χ3v) is 1.55. The van der Waals surface area contributed by atoms with Crippen molar-refractivity contribution in [3.05, 3.63) is 27.9 Å². The van der Waals surface area contributed by atoms with Crippen LogP contribution in [0.15, 0.2) is 12.3 Å². The molecule has 0 amide bonds. The molecule has 0 saturated heterocycles. The first-order valence-electron chi connectivity index (χ1n) is 3.89. The monoisotopic (exact) mass is 182 g/mol. The van der Waals surface area contributed by atoms with Gasteiger partial charge < -0.3 is 4.74 Å². The molecule has 0 aliphatic carbocycles. The standard InChI is InChI=1S/C8H10N2O3/c1-3-13-8-4-6(2)7(5-9-8)10(11)12/h4-5H,3H2,1-2H3. The minimum Gasteiger partial charge on any atom is -0.478 e. The fourth-order valence-corrected chi connectivity index (χ4v) is 0.941. The van der Waals surface area contributed by atoms with Crippen molar-refractivity contribution in [1.29, 1.82) is 0 Å². The molecule has 1 heterocycles. The Morgan fingerprint density at radius 2 is 2.38 bits per heavy atom. The van der Waals surface area contributed by atoms with E-state index in [1.165, 1.54) is 6.20 Å². The Balaban J connectivity index is 2.98. The second-order valence-electron chi connectivity index (χ2n) is 2.50. The smallest absolute Gasteiger partial charge is 0.290 e. The molecule has 5 nitrogen and oxygen atoms in total. The minimum atomic E-state index is -0.460. The average Bonchev–Trinajstić information content (AvgIpc) is 2.04. The molecule has 0 fully saturated rings. The Kier molecular flexibility index (Phi) is 2.79. The van der Waals surface area contributed by atoms with Gasteiger partial charge in [0.15, 0.2) is 0 Å². The second kappa shape index (κ2) is 3.84. The van der Waals surface area contributed by atoms with Crippen molar-refractivity contribution >= 4 is 5.69 Å². The summed E-state index contributed by atoms with van der Waals surface area (Å²) in [5.74, 6) is 0.422. The van der Waals surface area contributed by atoms with E-state index in [-0.39, 0.29) is 5.69 Å². The summed E-state index contributed by atoms with van der Waals surface area (Å²) >= 11 is 0. The summed E-state index contributed by atoms with van der Waals surface area (Å²) in [6, 6.07) is 1.56. The van der Waals surface area contributed by atoms with Gasteiger partial charge in [-0.2, -0.15) is 0 Å². The normalized spacial score (nSPS) is 9.69. The van der Waals surface area contributed by atoms with Gasteiger partial charge in [0, 0.05) is 11.6 Å². The van der Waals surface area contributed by atoms with E-state index in [0.717, 1.165) is 0 Å². The average molecular weight is 182 g/mol. The maximum absolute atomic E-state index is 10.4. The molecule has 1 aromatic heterocycles. The molecule has 0 atom stereocenters. The first kappa shape index (κ1) is 9.44. The quantitative estimate of drug-likeness (QED) is 0.527. The van der Waals surface area contributed by atoms with Crippen LogP contribution in [0.3, 0.4) is 0 Å². The molecule has 13 heavy (non-hydrogen) atoms. The van der Waals surface area contributed by atoms with E-state index in [9.17, 15) is 10.1 Å². The van der Waals surface area contributed by atoms with Crippen LogP contribution in [-0.2, 0) is 0 Å². The van der Waals surface area contributed by atoms with Crippen molar-refractivity contribution in [2.75, 3.05) is 6.61 Å². The van der Waals surface area contributed by atoms with Gasteiger partial charge in [0.1, 0.15) is 6.20 Å². The third kappa shape index (κ3) is 2.14. The van der Waals surface area contributed by atoms with Gasteiger partial charge in [-0.25, -0.2) is 4.98 Å². The summed E-state index contributed by atoms with van der Waals surface area (Å²) in [6.07, 6.45) is 1.21. The van der Waals surface area contributed by atoms with Crippen LogP contribution in [-0.4, -0.2) is 16.5 Å². The van der Waals surface area contributed by atoms with Crippen LogP contribution in [0.2, 0.25) is 0 Å². The number of nitro groups is 1. The van der Waals surface area contributed by atoms with Crippen molar-refractivity contribution in [3.8, 4) is 5.88 Å². The lowest BCUT2D eigenvalue weighted by Gasteiger charge is -2.02. The van der Waals surface area contributed by atoms with Crippen molar-refractivity contribution in [2.24, 2.45) is 0 Å². The fraction of sp³-hybridized carbons (Fsp3) is 0.375. The van der Waals surface area contributed by atoms with Crippen molar-refractivity contribution in [3.63, 3.8) is 0 Å². The Bertz CT molecular complexity index is 325. The van der Waals surface area contributed by atoms with Gasteiger partial charge in [0.2, 0.25) is 5.88 Å². The number of pyridine rings is 1. The number of aromatic nitrogens is 1. The van der Waals surface area contributed by atoms with E-state index < -0.39 is 4.92 Å². The molecule has 70 valence electrons. The number of ether oxygens (including phenoxy) is 1. The Labute approximate surface area is 75.5 Å². The second-order valence-corrected chi connectivity index (χ2v) is 2.50. The molecule has 0 aromatic carbocycles. The zero-order chi connectivity index (χ0) is 9.84. The Hall–Kier alpha value is -1.65.